The van der Waals surface area contributed by atoms with Crippen LogP contribution in [0.3, 0.4) is 0 Å². The number of aromatic nitrogens is 1. The zero-order chi connectivity index (χ0) is 20.4. The molecule has 0 bridgehead atoms. The molecule has 0 spiro atoms. The van der Waals surface area contributed by atoms with Gasteiger partial charge in [-0.1, -0.05) is 6.07 Å². The van der Waals surface area contributed by atoms with E-state index in [4.69, 9.17) is 4.74 Å². The number of thioether (sulfide) groups is 1. The Bertz CT molecular complexity index is 799. The highest BCUT2D eigenvalue weighted by atomic mass is 32.2. The van der Waals surface area contributed by atoms with Crippen molar-refractivity contribution in [1.82, 2.24) is 21.2 Å². The van der Waals surface area contributed by atoms with Gasteiger partial charge in [-0.15, -0.1) is 0 Å². The monoisotopic (exact) mass is 402 g/mol. The predicted molar refractivity (Wildman–Crippen MR) is 107 cm³/mol. The summed E-state index contributed by atoms with van der Waals surface area (Å²) in [5.41, 5.74) is 5.23. The number of carbonyl (C=O) groups excluding carboxylic acids is 3. The van der Waals surface area contributed by atoms with Crippen LogP contribution >= 0.6 is 11.8 Å². The average molecular weight is 402 g/mol. The first-order valence-electron chi connectivity index (χ1n) is 8.50. The molecule has 28 heavy (non-hydrogen) atoms. The molecule has 1 atom stereocenters. The van der Waals surface area contributed by atoms with Crippen LogP contribution in [0.4, 0.5) is 0 Å². The van der Waals surface area contributed by atoms with Crippen molar-refractivity contribution in [3.63, 3.8) is 0 Å². The number of amides is 3. The molecule has 0 aliphatic carbocycles. The van der Waals surface area contributed by atoms with Gasteiger partial charge in [0.2, 0.25) is 0 Å². The van der Waals surface area contributed by atoms with Crippen LogP contribution in [0.2, 0.25) is 0 Å². The van der Waals surface area contributed by atoms with Gasteiger partial charge in [0.25, 0.3) is 17.7 Å². The van der Waals surface area contributed by atoms with Gasteiger partial charge < -0.3 is 10.1 Å². The molecule has 2 rings (SSSR count). The summed E-state index contributed by atoms with van der Waals surface area (Å²) in [4.78, 5) is 40.8. The van der Waals surface area contributed by atoms with Crippen LogP contribution in [0.15, 0.2) is 48.7 Å². The molecule has 1 aromatic carbocycles. The van der Waals surface area contributed by atoms with Crippen molar-refractivity contribution < 1.29 is 19.1 Å². The van der Waals surface area contributed by atoms with Crippen molar-refractivity contribution in [2.45, 2.75) is 12.5 Å². The number of hydrogen-bond donors (Lipinski definition) is 3. The molecule has 0 aliphatic heterocycles. The fourth-order valence-corrected chi connectivity index (χ4v) is 2.73. The highest BCUT2D eigenvalue weighted by Crippen LogP contribution is 2.11. The number of pyridine rings is 1. The first-order chi connectivity index (χ1) is 13.5. The zero-order valence-electron chi connectivity index (χ0n) is 15.6. The minimum atomic E-state index is -0.800. The number of hydrazine groups is 1. The third-order valence-corrected chi connectivity index (χ3v) is 4.43. The van der Waals surface area contributed by atoms with Crippen LogP contribution in [0, 0.1) is 0 Å². The third kappa shape index (κ3) is 6.27. The first-order valence-corrected chi connectivity index (χ1v) is 9.89. The Balaban J connectivity index is 1.97. The number of carbonyl (C=O) groups is 3. The molecular weight excluding hydrogens is 380 g/mol. The molecular formula is C19H22N4O4S. The Morgan fingerprint density at radius 1 is 1.07 bits per heavy atom. The van der Waals surface area contributed by atoms with Crippen LogP contribution in [-0.4, -0.2) is 47.9 Å². The van der Waals surface area contributed by atoms with E-state index >= 15 is 0 Å². The Hall–Kier alpha value is -3.07. The zero-order valence-corrected chi connectivity index (χ0v) is 16.4. The van der Waals surface area contributed by atoms with Crippen LogP contribution < -0.4 is 20.9 Å². The summed E-state index contributed by atoms with van der Waals surface area (Å²) in [5, 5.41) is 2.70. The molecule has 0 unspecified atom stereocenters. The highest BCUT2D eigenvalue weighted by Gasteiger charge is 2.22. The number of hydrogen-bond acceptors (Lipinski definition) is 6. The van der Waals surface area contributed by atoms with Gasteiger partial charge >= 0.3 is 0 Å². The average Bonchev–Trinajstić information content (AvgIpc) is 2.75. The summed E-state index contributed by atoms with van der Waals surface area (Å²) in [6.07, 6.45) is 3.80. The van der Waals surface area contributed by atoms with E-state index in [1.165, 1.54) is 19.4 Å². The van der Waals surface area contributed by atoms with Crippen LogP contribution in [0.5, 0.6) is 5.75 Å². The lowest BCUT2D eigenvalue weighted by Gasteiger charge is -2.18. The maximum atomic E-state index is 12.5. The standard InChI is InChI=1S/C19H22N4O4S/c1-27-14-8-6-13(7-9-14)17(24)21-16(10-12-28-2)19(26)23-22-18(25)15-5-3-4-11-20-15/h3-9,11,16H,10,12H2,1-2H3,(H,21,24)(H,22,25)(H,23,26)/t16-/m0/s1. The van der Waals surface area contributed by atoms with Crippen molar-refractivity contribution in [3.05, 3.63) is 59.9 Å². The minimum Gasteiger partial charge on any atom is -0.497 e. The molecule has 0 aliphatic rings. The van der Waals surface area contributed by atoms with Gasteiger partial charge in [0.05, 0.1) is 7.11 Å². The van der Waals surface area contributed by atoms with Crippen molar-refractivity contribution in [2.24, 2.45) is 0 Å². The lowest BCUT2D eigenvalue weighted by atomic mass is 10.1. The fraction of sp³-hybridized carbons (Fsp3) is 0.263. The molecule has 0 radical (unpaired) electrons. The number of nitrogens with zero attached hydrogens (tertiary/aromatic N) is 1. The van der Waals surface area contributed by atoms with Gasteiger partial charge in [-0.3, -0.25) is 30.2 Å². The van der Waals surface area contributed by atoms with Crippen molar-refractivity contribution >= 4 is 29.5 Å². The highest BCUT2D eigenvalue weighted by molar-refractivity contribution is 7.98. The molecule has 1 aromatic heterocycles. The molecule has 2 aromatic rings. The van der Waals surface area contributed by atoms with E-state index in [9.17, 15) is 14.4 Å². The summed E-state index contributed by atoms with van der Waals surface area (Å²) < 4.78 is 5.07. The smallest absolute Gasteiger partial charge is 0.288 e. The molecule has 0 saturated heterocycles. The van der Waals surface area contributed by atoms with Crippen LogP contribution in [-0.2, 0) is 4.79 Å². The predicted octanol–water partition coefficient (Wildman–Crippen LogP) is 1.40. The topological polar surface area (TPSA) is 109 Å². The molecule has 148 valence electrons. The van der Waals surface area contributed by atoms with Crippen molar-refractivity contribution in [2.75, 3.05) is 19.1 Å². The van der Waals surface area contributed by atoms with E-state index in [1.807, 2.05) is 6.26 Å². The number of nitrogens with one attached hydrogen (secondary N) is 3. The van der Waals surface area contributed by atoms with Gasteiger partial charge in [-0.05, 0) is 54.8 Å². The second kappa shape index (κ2) is 10.9. The van der Waals surface area contributed by atoms with E-state index in [0.717, 1.165) is 0 Å². The Morgan fingerprint density at radius 2 is 1.82 bits per heavy atom. The maximum absolute atomic E-state index is 12.5. The molecule has 3 N–H and O–H groups in total. The second-order valence-electron chi connectivity index (χ2n) is 5.69. The second-order valence-corrected chi connectivity index (χ2v) is 6.68. The van der Waals surface area contributed by atoms with E-state index in [0.29, 0.717) is 23.5 Å². The van der Waals surface area contributed by atoms with Gasteiger partial charge in [0, 0.05) is 11.8 Å². The van der Waals surface area contributed by atoms with E-state index < -0.39 is 17.9 Å². The van der Waals surface area contributed by atoms with E-state index in [2.05, 4.69) is 21.2 Å². The largest absolute Gasteiger partial charge is 0.497 e. The lowest BCUT2D eigenvalue weighted by Crippen LogP contribution is -2.52. The lowest BCUT2D eigenvalue weighted by molar-refractivity contribution is -0.123. The Kier molecular flexibility index (Phi) is 8.29. The van der Waals surface area contributed by atoms with E-state index in [-0.39, 0.29) is 11.6 Å². The van der Waals surface area contributed by atoms with Gasteiger partial charge in [-0.25, -0.2) is 0 Å². The minimum absolute atomic E-state index is 0.172. The van der Waals surface area contributed by atoms with E-state index in [1.54, 1.807) is 48.2 Å². The molecule has 0 fully saturated rings. The fourth-order valence-electron chi connectivity index (χ4n) is 2.26. The quantitative estimate of drug-likeness (QED) is 0.576. The first kappa shape index (κ1) is 21.2. The molecule has 1 heterocycles. The Labute approximate surface area is 167 Å². The summed E-state index contributed by atoms with van der Waals surface area (Å²) in [5.74, 6) is -0.153. The molecule has 9 heteroatoms. The van der Waals surface area contributed by atoms with Gasteiger partial charge in [0.1, 0.15) is 17.5 Å². The summed E-state index contributed by atoms with van der Waals surface area (Å²) in [6.45, 7) is 0. The van der Waals surface area contributed by atoms with Crippen molar-refractivity contribution in [1.29, 1.82) is 0 Å². The summed E-state index contributed by atoms with van der Waals surface area (Å²) in [7, 11) is 1.54. The van der Waals surface area contributed by atoms with Crippen LogP contribution in [0.1, 0.15) is 27.3 Å². The number of methoxy groups -OCH3 is 1. The molecule has 3 amide bonds. The molecule has 8 nitrogen and oxygen atoms in total. The number of benzene rings is 1. The summed E-state index contributed by atoms with van der Waals surface area (Å²) >= 11 is 1.55. The van der Waals surface area contributed by atoms with Gasteiger partial charge in [-0.2, -0.15) is 11.8 Å². The third-order valence-electron chi connectivity index (χ3n) is 3.78. The summed E-state index contributed by atoms with van der Waals surface area (Å²) in [6, 6.07) is 10.6. The Morgan fingerprint density at radius 3 is 2.43 bits per heavy atom. The number of ether oxygens (including phenoxy) is 1. The maximum Gasteiger partial charge on any atom is 0.288 e. The SMILES string of the molecule is COc1ccc(C(=O)N[C@@H](CCSC)C(=O)NNC(=O)c2ccccn2)cc1. The normalized spacial score (nSPS) is 11.2. The molecule has 0 saturated carbocycles. The van der Waals surface area contributed by atoms with Crippen LogP contribution in [0.25, 0.3) is 0 Å². The van der Waals surface area contributed by atoms with Crippen molar-refractivity contribution in [3.8, 4) is 5.75 Å². The number of rotatable bonds is 8. The van der Waals surface area contributed by atoms with Gasteiger partial charge in [0.15, 0.2) is 0 Å².